The van der Waals surface area contributed by atoms with E-state index < -0.39 is 20.0 Å². The molecule has 0 amide bonds. The van der Waals surface area contributed by atoms with Gasteiger partial charge in [0.25, 0.3) is 0 Å². The van der Waals surface area contributed by atoms with E-state index >= 15 is 0 Å². The number of allylic oxidation sites excluding steroid dienone is 5. The minimum absolute atomic E-state index is 0.0853. The molecule has 2 aliphatic carbocycles. The molecular formula is C26H36N2O4S2. The van der Waals surface area contributed by atoms with Crippen LogP contribution in [0.3, 0.4) is 0 Å². The van der Waals surface area contributed by atoms with E-state index in [1.807, 2.05) is 42.5 Å². The number of morpholine rings is 1. The summed E-state index contributed by atoms with van der Waals surface area (Å²) < 4.78 is 47.3. The first-order valence-electron chi connectivity index (χ1n) is 12.1. The lowest BCUT2D eigenvalue weighted by molar-refractivity contribution is 0.0408. The highest BCUT2D eigenvalue weighted by Crippen LogP contribution is 2.38. The Balaban J connectivity index is 1.33. The Labute approximate surface area is 204 Å². The molecule has 0 unspecified atom stereocenters. The minimum Gasteiger partial charge on any atom is -0.379 e. The molecule has 1 N–H and O–H groups in total. The Morgan fingerprint density at radius 1 is 1.06 bits per heavy atom. The first-order valence-corrected chi connectivity index (χ1v) is 15.6. The van der Waals surface area contributed by atoms with Crippen LogP contribution in [0.4, 0.5) is 0 Å². The van der Waals surface area contributed by atoms with Gasteiger partial charge in [0.1, 0.15) is 0 Å². The molecule has 0 bridgehead atoms. The molecular weight excluding hydrogens is 468 g/mol. The van der Waals surface area contributed by atoms with E-state index in [0.29, 0.717) is 39.1 Å². The molecule has 1 heterocycles. The predicted octanol–water partition coefficient (Wildman–Crippen LogP) is 3.19. The van der Waals surface area contributed by atoms with Gasteiger partial charge in [-0.25, -0.2) is 13.1 Å². The standard InChI is InChI=1S/C26H36N2O4S2/c29-33(30,22-19-28-17-20-32-21-18-28)27-16-15-23-11-13-26(14-12-23)34(31,24-7-3-1-4-8-24)25-9-5-2-6-10-25/h1,3-5,7-13,26-27,34H,2,6,14-22H2/t26-/m0/s1. The van der Waals surface area contributed by atoms with E-state index in [9.17, 15) is 12.6 Å². The van der Waals surface area contributed by atoms with E-state index in [4.69, 9.17) is 4.74 Å². The van der Waals surface area contributed by atoms with Crippen molar-refractivity contribution < 1.29 is 17.4 Å². The summed E-state index contributed by atoms with van der Waals surface area (Å²) in [6.07, 6.45) is 15.7. The number of sulfonamides is 1. The molecule has 1 saturated heterocycles. The van der Waals surface area contributed by atoms with E-state index in [-0.39, 0.29) is 11.0 Å². The second-order valence-corrected chi connectivity index (χ2v) is 13.9. The fourth-order valence-corrected chi connectivity index (χ4v) is 8.83. The zero-order valence-corrected chi connectivity index (χ0v) is 21.4. The second kappa shape index (κ2) is 11.7. The van der Waals surface area contributed by atoms with Crippen molar-refractivity contribution in [2.45, 2.75) is 35.8 Å². The lowest BCUT2D eigenvalue weighted by Crippen LogP contribution is -2.41. The molecule has 3 aliphatic rings. The highest BCUT2D eigenvalue weighted by molar-refractivity contribution is 8.07. The Hall–Kier alpha value is -1.84. The molecule has 1 fully saturated rings. The topological polar surface area (TPSA) is 75.7 Å². The zero-order valence-electron chi connectivity index (χ0n) is 19.6. The summed E-state index contributed by atoms with van der Waals surface area (Å²) in [5, 5.41) is -0.0853. The number of nitrogens with one attached hydrogen (secondary N) is 1. The lowest BCUT2D eigenvalue weighted by Gasteiger charge is -2.34. The molecule has 1 aromatic rings. The van der Waals surface area contributed by atoms with Gasteiger partial charge in [0.05, 0.1) is 19.0 Å². The number of nitrogens with zero attached hydrogens (tertiary/aromatic N) is 1. The average Bonchev–Trinajstić information content (AvgIpc) is 2.89. The van der Waals surface area contributed by atoms with E-state index in [1.165, 1.54) is 0 Å². The molecule has 1 atom stereocenters. The van der Waals surface area contributed by atoms with Crippen LogP contribution in [0.25, 0.3) is 0 Å². The number of ether oxygens (including phenoxy) is 1. The maximum Gasteiger partial charge on any atom is 0.212 e. The van der Waals surface area contributed by atoms with Crippen molar-refractivity contribution in [3.05, 3.63) is 77.3 Å². The van der Waals surface area contributed by atoms with Crippen molar-refractivity contribution in [1.29, 1.82) is 0 Å². The van der Waals surface area contributed by atoms with Gasteiger partial charge < -0.3 is 4.74 Å². The van der Waals surface area contributed by atoms with Gasteiger partial charge in [-0.3, -0.25) is 9.11 Å². The van der Waals surface area contributed by atoms with Gasteiger partial charge in [0, 0.05) is 41.2 Å². The van der Waals surface area contributed by atoms with Gasteiger partial charge in [-0.15, -0.1) is 0 Å². The molecule has 34 heavy (non-hydrogen) atoms. The van der Waals surface area contributed by atoms with Gasteiger partial charge in [-0.2, -0.15) is 0 Å². The molecule has 1 aliphatic heterocycles. The summed E-state index contributed by atoms with van der Waals surface area (Å²) in [6.45, 7) is 3.81. The summed E-state index contributed by atoms with van der Waals surface area (Å²) >= 11 is 0. The molecule has 1 aromatic carbocycles. The Morgan fingerprint density at radius 3 is 2.53 bits per heavy atom. The molecule has 4 rings (SSSR count). The van der Waals surface area contributed by atoms with Crippen LogP contribution in [0.5, 0.6) is 0 Å². The van der Waals surface area contributed by atoms with Crippen molar-refractivity contribution in [1.82, 2.24) is 9.62 Å². The minimum atomic E-state index is -3.31. The zero-order chi connectivity index (χ0) is 23.9. The Morgan fingerprint density at radius 2 is 1.85 bits per heavy atom. The van der Waals surface area contributed by atoms with Gasteiger partial charge in [-0.1, -0.05) is 60.2 Å². The molecule has 0 radical (unpaired) electrons. The van der Waals surface area contributed by atoms with Gasteiger partial charge in [0.2, 0.25) is 10.0 Å². The Kier molecular flexibility index (Phi) is 8.71. The number of rotatable bonds is 10. The van der Waals surface area contributed by atoms with Crippen molar-refractivity contribution >= 4 is 20.0 Å². The van der Waals surface area contributed by atoms with E-state index in [1.54, 1.807) is 0 Å². The van der Waals surface area contributed by atoms with Crippen LogP contribution < -0.4 is 4.72 Å². The smallest absolute Gasteiger partial charge is 0.212 e. The van der Waals surface area contributed by atoms with Crippen LogP contribution in [-0.4, -0.2) is 67.9 Å². The molecule has 0 saturated carbocycles. The van der Waals surface area contributed by atoms with Crippen LogP contribution >= 0.6 is 0 Å². The highest BCUT2D eigenvalue weighted by atomic mass is 32.2. The third-order valence-corrected chi connectivity index (χ3v) is 11.5. The van der Waals surface area contributed by atoms with Gasteiger partial charge in [-0.05, 0) is 47.7 Å². The van der Waals surface area contributed by atoms with Gasteiger partial charge in [0.15, 0.2) is 0 Å². The summed E-state index contributed by atoms with van der Waals surface area (Å²) in [4.78, 5) is 3.97. The summed E-state index contributed by atoms with van der Waals surface area (Å²) in [5.41, 5.74) is 1.08. The predicted molar refractivity (Wildman–Crippen MR) is 140 cm³/mol. The highest BCUT2D eigenvalue weighted by Gasteiger charge is 2.31. The summed E-state index contributed by atoms with van der Waals surface area (Å²) in [7, 11) is -6.12. The number of hydrogen-bond donors (Lipinski definition) is 2. The van der Waals surface area contributed by atoms with Crippen LogP contribution in [0, 0.1) is 0 Å². The monoisotopic (exact) mass is 504 g/mol. The molecule has 186 valence electrons. The number of hydrogen-bond acceptors (Lipinski definition) is 5. The van der Waals surface area contributed by atoms with Crippen molar-refractivity contribution in [3.8, 4) is 0 Å². The number of benzene rings is 1. The van der Waals surface area contributed by atoms with Crippen molar-refractivity contribution in [3.63, 3.8) is 0 Å². The maximum atomic E-state index is 14.5. The molecule has 8 heteroatoms. The van der Waals surface area contributed by atoms with Crippen LogP contribution in [-0.2, 0) is 24.7 Å². The van der Waals surface area contributed by atoms with E-state index in [2.05, 4.69) is 33.9 Å². The second-order valence-electron chi connectivity index (χ2n) is 8.96. The van der Waals surface area contributed by atoms with Crippen molar-refractivity contribution in [2.75, 3.05) is 45.1 Å². The maximum absolute atomic E-state index is 14.5. The first-order chi connectivity index (χ1) is 16.5. The van der Waals surface area contributed by atoms with Crippen LogP contribution in [0.2, 0.25) is 0 Å². The third-order valence-electron chi connectivity index (χ3n) is 6.64. The molecule has 0 aromatic heterocycles. The summed E-state index contributed by atoms with van der Waals surface area (Å²) in [5.74, 6) is 0.104. The average molecular weight is 505 g/mol. The quantitative estimate of drug-likeness (QED) is 0.479. The van der Waals surface area contributed by atoms with Crippen molar-refractivity contribution in [2.24, 2.45) is 0 Å². The van der Waals surface area contributed by atoms with Crippen LogP contribution in [0.1, 0.15) is 25.7 Å². The van der Waals surface area contributed by atoms with E-state index in [0.717, 1.165) is 41.3 Å². The SMILES string of the molecule is O=S(=O)(CCN1CCOCC1)NCCC1=CC[C@@H]([SH](=O)(C2=CCCC=C2)c2ccccc2)C=C1. The van der Waals surface area contributed by atoms with Crippen LogP contribution in [0.15, 0.2) is 82.2 Å². The molecule has 6 nitrogen and oxygen atoms in total. The fourth-order valence-electron chi connectivity index (χ4n) is 4.63. The number of thiol groups is 1. The summed E-state index contributed by atoms with van der Waals surface area (Å²) in [6, 6.07) is 9.81. The Bertz CT molecular complexity index is 1100. The van der Waals surface area contributed by atoms with Gasteiger partial charge >= 0.3 is 0 Å². The first kappa shape index (κ1) is 25.3. The fraction of sp³-hybridized carbons (Fsp3) is 0.462. The normalized spacial score (nSPS) is 22.3. The third kappa shape index (κ3) is 6.43. The largest absolute Gasteiger partial charge is 0.379 e. The lowest BCUT2D eigenvalue weighted by atomic mass is 10.0. The molecule has 0 spiro atoms.